The fourth-order valence-corrected chi connectivity index (χ4v) is 3.09. The first-order valence-electron chi connectivity index (χ1n) is 8.94. The summed E-state index contributed by atoms with van der Waals surface area (Å²) in [5.41, 5.74) is 5.25. The fraction of sp³-hybridized carbons (Fsp3) is 0.227. The average molecular weight is 345 g/mol. The minimum Gasteiger partial charge on any atom is -0.460 e. The molecule has 0 fully saturated rings. The number of hydrogen-bond donors (Lipinski definition) is 1. The van der Waals surface area contributed by atoms with Gasteiger partial charge in [0.05, 0.1) is 0 Å². The number of nitrogens with zero attached hydrogens (tertiary/aromatic N) is 2. The van der Waals surface area contributed by atoms with Crippen LogP contribution in [-0.4, -0.2) is 9.38 Å². The maximum absolute atomic E-state index is 5.84. The number of aromatic nitrogens is 2. The third-order valence-electron chi connectivity index (χ3n) is 4.60. The van der Waals surface area contributed by atoms with Crippen molar-refractivity contribution in [1.82, 2.24) is 9.38 Å². The van der Waals surface area contributed by atoms with E-state index in [-0.39, 0.29) is 0 Å². The maximum Gasteiger partial charge on any atom is 0.156 e. The molecule has 1 aromatic carbocycles. The van der Waals surface area contributed by atoms with Crippen molar-refractivity contribution in [2.75, 3.05) is 5.32 Å². The highest BCUT2D eigenvalue weighted by Gasteiger charge is 2.17. The summed E-state index contributed by atoms with van der Waals surface area (Å²) in [6, 6.07) is 16.6. The topological polar surface area (TPSA) is 42.5 Å². The van der Waals surface area contributed by atoms with Crippen molar-refractivity contribution in [2.45, 2.75) is 33.6 Å². The number of imidazole rings is 1. The molecule has 0 spiro atoms. The van der Waals surface area contributed by atoms with Gasteiger partial charge in [-0.25, -0.2) is 4.98 Å². The smallest absolute Gasteiger partial charge is 0.156 e. The van der Waals surface area contributed by atoms with Gasteiger partial charge in [-0.1, -0.05) is 26.0 Å². The second-order valence-electron chi connectivity index (χ2n) is 7.05. The van der Waals surface area contributed by atoms with E-state index < -0.39 is 0 Å². The van der Waals surface area contributed by atoms with E-state index in [0.29, 0.717) is 5.92 Å². The van der Waals surface area contributed by atoms with Crippen LogP contribution in [0.25, 0.3) is 17.1 Å². The molecule has 0 amide bonds. The molecule has 3 heterocycles. The third-order valence-corrected chi connectivity index (χ3v) is 4.60. The predicted molar refractivity (Wildman–Crippen MR) is 106 cm³/mol. The number of benzene rings is 1. The van der Waals surface area contributed by atoms with Crippen LogP contribution in [0.1, 0.15) is 36.7 Å². The Kier molecular flexibility index (Phi) is 4.03. The van der Waals surface area contributed by atoms with Crippen LogP contribution in [-0.2, 0) is 0 Å². The molecule has 0 aliphatic rings. The molecule has 0 bridgehead atoms. The molecule has 0 aliphatic carbocycles. The van der Waals surface area contributed by atoms with Gasteiger partial charge in [-0.2, -0.15) is 0 Å². The molecule has 0 radical (unpaired) electrons. The lowest BCUT2D eigenvalue weighted by Gasteiger charge is -2.10. The standard InChI is InChI=1S/C22H23N3O/c1-14(2)17-6-8-18(9-7-17)23-22-21(19-10-5-16(4)26-19)24-20-13-15(3)11-12-25(20)22/h5-14,23H,1-4H3. The monoisotopic (exact) mass is 345 g/mol. The largest absolute Gasteiger partial charge is 0.460 e. The van der Waals surface area contributed by atoms with Crippen molar-refractivity contribution < 1.29 is 4.42 Å². The fourth-order valence-electron chi connectivity index (χ4n) is 3.09. The lowest BCUT2D eigenvalue weighted by atomic mass is 10.0. The quantitative estimate of drug-likeness (QED) is 0.487. The van der Waals surface area contributed by atoms with E-state index in [9.17, 15) is 0 Å². The summed E-state index contributed by atoms with van der Waals surface area (Å²) in [5, 5.41) is 3.53. The van der Waals surface area contributed by atoms with Crippen LogP contribution < -0.4 is 5.32 Å². The number of anilines is 2. The Hall–Kier alpha value is -3.01. The van der Waals surface area contributed by atoms with E-state index in [0.717, 1.165) is 34.4 Å². The van der Waals surface area contributed by atoms with E-state index in [2.05, 4.69) is 66.9 Å². The molecule has 0 saturated carbocycles. The van der Waals surface area contributed by atoms with Crippen LogP contribution in [0.5, 0.6) is 0 Å². The molecule has 1 N–H and O–H groups in total. The Morgan fingerprint density at radius 3 is 2.42 bits per heavy atom. The Balaban J connectivity index is 1.81. The van der Waals surface area contributed by atoms with Gasteiger partial charge in [-0.05, 0) is 67.3 Å². The van der Waals surface area contributed by atoms with Gasteiger partial charge < -0.3 is 9.73 Å². The van der Waals surface area contributed by atoms with Crippen molar-refractivity contribution >= 4 is 17.2 Å². The average Bonchev–Trinajstić information content (AvgIpc) is 3.19. The van der Waals surface area contributed by atoms with Gasteiger partial charge in [0.2, 0.25) is 0 Å². The van der Waals surface area contributed by atoms with E-state index in [4.69, 9.17) is 9.40 Å². The minimum absolute atomic E-state index is 0.518. The highest BCUT2D eigenvalue weighted by molar-refractivity contribution is 5.77. The molecule has 4 nitrogen and oxygen atoms in total. The normalized spacial score (nSPS) is 11.4. The summed E-state index contributed by atoms with van der Waals surface area (Å²) >= 11 is 0. The first kappa shape index (κ1) is 16.5. The van der Waals surface area contributed by atoms with E-state index in [1.807, 2.05) is 25.3 Å². The Morgan fingerprint density at radius 2 is 1.77 bits per heavy atom. The molecule has 132 valence electrons. The van der Waals surface area contributed by atoms with E-state index >= 15 is 0 Å². The molecule has 0 unspecified atom stereocenters. The number of pyridine rings is 1. The zero-order valence-electron chi connectivity index (χ0n) is 15.6. The van der Waals surface area contributed by atoms with Gasteiger partial charge >= 0.3 is 0 Å². The second-order valence-corrected chi connectivity index (χ2v) is 7.05. The van der Waals surface area contributed by atoms with E-state index in [1.165, 1.54) is 11.1 Å². The molecule has 0 atom stereocenters. The number of furan rings is 1. The van der Waals surface area contributed by atoms with Crippen LogP contribution in [0.3, 0.4) is 0 Å². The van der Waals surface area contributed by atoms with Crippen molar-refractivity contribution in [2.24, 2.45) is 0 Å². The molecule has 3 aromatic heterocycles. The summed E-state index contributed by atoms with van der Waals surface area (Å²) in [6.07, 6.45) is 2.04. The van der Waals surface area contributed by atoms with Crippen LogP contribution in [0, 0.1) is 13.8 Å². The Bertz CT molecular complexity index is 1050. The zero-order chi connectivity index (χ0) is 18.3. The van der Waals surface area contributed by atoms with Crippen molar-refractivity contribution in [3.05, 3.63) is 71.6 Å². The van der Waals surface area contributed by atoms with Gasteiger partial charge in [0.25, 0.3) is 0 Å². The second kappa shape index (κ2) is 6.37. The summed E-state index contributed by atoms with van der Waals surface area (Å²) < 4.78 is 7.91. The number of aryl methyl sites for hydroxylation is 2. The molecular formula is C22H23N3O. The van der Waals surface area contributed by atoms with Crippen LogP contribution in [0.2, 0.25) is 0 Å². The minimum atomic E-state index is 0.518. The third kappa shape index (κ3) is 2.99. The molecule has 4 heteroatoms. The van der Waals surface area contributed by atoms with Gasteiger partial charge in [0, 0.05) is 11.9 Å². The zero-order valence-corrected chi connectivity index (χ0v) is 15.6. The number of fused-ring (bicyclic) bond motifs is 1. The first-order valence-corrected chi connectivity index (χ1v) is 8.94. The van der Waals surface area contributed by atoms with E-state index in [1.54, 1.807) is 0 Å². The SMILES string of the molecule is Cc1ccn2c(Nc3ccc(C(C)C)cc3)c(-c3ccc(C)o3)nc2c1. The highest BCUT2D eigenvalue weighted by Crippen LogP contribution is 2.32. The van der Waals surface area contributed by atoms with Gasteiger partial charge in [-0.15, -0.1) is 0 Å². The van der Waals surface area contributed by atoms with Crippen LogP contribution >= 0.6 is 0 Å². The maximum atomic E-state index is 5.84. The number of nitrogens with one attached hydrogen (secondary N) is 1. The van der Waals surface area contributed by atoms with Crippen molar-refractivity contribution in [1.29, 1.82) is 0 Å². The number of hydrogen-bond acceptors (Lipinski definition) is 3. The molecular weight excluding hydrogens is 322 g/mol. The first-order chi connectivity index (χ1) is 12.5. The van der Waals surface area contributed by atoms with Gasteiger partial charge in [-0.3, -0.25) is 4.40 Å². The molecule has 4 aromatic rings. The van der Waals surface area contributed by atoms with Crippen molar-refractivity contribution in [3.8, 4) is 11.5 Å². The van der Waals surface area contributed by atoms with Crippen molar-refractivity contribution in [3.63, 3.8) is 0 Å². The summed E-state index contributed by atoms with van der Waals surface area (Å²) in [5.74, 6) is 3.07. The lowest BCUT2D eigenvalue weighted by Crippen LogP contribution is -1.97. The molecule has 26 heavy (non-hydrogen) atoms. The lowest BCUT2D eigenvalue weighted by molar-refractivity contribution is 0.547. The van der Waals surface area contributed by atoms with Gasteiger partial charge in [0.1, 0.15) is 22.9 Å². The Morgan fingerprint density at radius 1 is 1.00 bits per heavy atom. The summed E-state index contributed by atoms with van der Waals surface area (Å²) in [4.78, 5) is 4.81. The van der Waals surface area contributed by atoms with Crippen LogP contribution in [0.15, 0.2) is 59.1 Å². The highest BCUT2D eigenvalue weighted by atomic mass is 16.3. The molecule has 0 saturated heterocycles. The summed E-state index contributed by atoms with van der Waals surface area (Å²) in [6.45, 7) is 8.42. The Labute approximate surface area is 153 Å². The molecule has 4 rings (SSSR count). The summed E-state index contributed by atoms with van der Waals surface area (Å²) in [7, 11) is 0. The predicted octanol–water partition coefficient (Wildman–Crippen LogP) is 6.08. The van der Waals surface area contributed by atoms with Crippen LogP contribution in [0.4, 0.5) is 11.5 Å². The number of rotatable bonds is 4. The molecule has 0 aliphatic heterocycles. The van der Waals surface area contributed by atoms with Gasteiger partial charge in [0.15, 0.2) is 5.76 Å².